The van der Waals surface area contributed by atoms with Gasteiger partial charge < -0.3 is 16.2 Å². The van der Waals surface area contributed by atoms with Crippen LogP contribution in [0, 0.1) is 6.92 Å². The Bertz CT molecular complexity index is 375. The molecule has 1 aliphatic rings. The zero-order valence-electron chi connectivity index (χ0n) is 7.02. The van der Waals surface area contributed by atoms with Crippen molar-refractivity contribution >= 4 is 11.8 Å². The standard InChI is InChI=1S/C7H9N5O/c1-3-2-9-4-5(10-3)11-7(8)12-6(4)13/h2,6,13H,1H3,(H3,8,10,11,12)/t6-/m1/s1. The summed E-state index contributed by atoms with van der Waals surface area (Å²) >= 11 is 0. The van der Waals surface area contributed by atoms with Crippen LogP contribution in [0.15, 0.2) is 11.2 Å². The van der Waals surface area contributed by atoms with Gasteiger partial charge in [0.15, 0.2) is 18.0 Å². The quantitative estimate of drug-likeness (QED) is 0.499. The van der Waals surface area contributed by atoms with Gasteiger partial charge in [0.2, 0.25) is 0 Å². The van der Waals surface area contributed by atoms with Crippen LogP contribution in [0.3, 0.4) is 0 Å². The number of aliphatic hydroxyl groups excluding tert-OH is 1. The third-order valence-corrected chi connectivity index (χ3v) is 1.67. The molecule has 0 saturated carbocycles. The van der Waals surface area contributed by atoms with Crippen molar-refractivity contribution in [3.63, 3.8) is 0 Å². The third kappa shape index (κ3) is 1.31. The summed E-state index contributed by atoms with van der Waals surface area (Å²) in [7, 11) is 0. The monoisotopic (exact) mass is 179 g/mol. The average Bonchev–Trinajstić information content (AvgIpc) is 2.02. The average molecular weight is 179 g/mol. The number of hydrogen-bond acceptors (Lipinski definition) is 6. The maximum absolute atomic E-state index is 9.41. The van der Waals surface area contributed by atoms with Crippen molar-refractivity contribution in [3.05, 3.63) is 17.6 Å². The molecule has 0 spiro atoms. The van der Waals surface area contributed by atoms with Crippen LogP contribution in [-0.2, 0) is 0 Å². The maximum atomic E-state index is 9.41. The van der Waals surface area contributed by atoms with Gasteiger partial charge >= 0.3 is 0 Å². The van der Waals surface area contributed by atoms with Gasteiger partial charge in [0.05, 0.1) is 5.69 Å². The zero-order valence-corrected chi connectivity index (χ0v) is 7.02. The number of anilines is 1. The maximum Gasteiger partial charge on any atom is 0.197 e. The summed E-state index contributed by atoms with van der Waals surface area (Å²) in [5, 5.41) is 12.1. The van der Waals surface area contributed by atoms with Crippen LogP contribution >= 0.6 is 0 Å². The number of nitrogens with two attached hydrogens (primary N) is 1. The number of fused-ring (bicyclic) bond motifs is 1. The topological polar surface area (TPSA) is 96.4 Å². The first kappa shape index (κ1) is 7.93. The lowest BCUT2D eigenvalue weighted by Gasteiger charge is -2.17. The highest BCUT2D eigenvalue weighted by Crippen LogP contribution is 2.22. The van der Waals surface area contributed by atoms with E-state index in [0.717, 1.165) is 5.69 Å². The van der Waals surface area contributed by atoms with Crippen LogP contribution in [0.5, 0.6) is 0 Å². The highest BCUT2D eigenvalue weighted by molar-refractivity contribution is 5.93. The number of guanidine groups is 1. The summed E-state index contributed by atoms with van der Waals surface area (Å²) in [6.07, 6.45) is 0.560. The first-order valence-corrected chi connectivity index (χ1v) is 3.79. The number of nitrogens with zero attached hydrogens (tertiary/aromatic N) is 3. The van der Waals surface area contributed by atoms with Gasteiger partial charge in [-0.05, 0) is 6.92 Å². The fourth-order valence-corrected chi connectivity index (χ4v) is 1.11. The van der Waals surface area contributed by atoms with E-state index in [0.29, 0.717) is 11.5 Å². The fraction of sp³-hybridized carbons (Fsp3) is 0.286. The summed E-state index contributed by atoms with van der Waals surface area (Å²) in [4.78, 5) is 11.8. The van der Waals surface area contributed by atoms with Gasteiger partial charge in [-0.3, -0.25) is 4.98 Å². The first-order chi connectivity index (χ1) is 6.16. The Kier molecular flexibility index (Phi) is 1.63. The van der Waals surface area contributed by atoms with Crippen LogP contribution in [0.2, 0.25) is 0 Å². The largest absolute Gasteiger partial charge is 0.370 e. The Morgan fingerprint density at radius 3 is 3.15 bits per heavy atom. The lowest BCUT2D eigenvalue weighted by molar-refractivity contribution is 0.182. The highest BCUT2D eigenvalue weighted by atomic mass is 16.3. The van der Waals surface area contributed by atoms with Crippen molar-refractivity contribution in [2.45, 2.75) is 13.2 Å². The van der Waals surface area contributed by atoms with E-state index in [1.165, 1.54) is 0 Å². The molecule has 1 aromatic rings. The molecule has 1 aliphatic heterocycles. The number of hydrogen-bond donors (Lipinski definition) is 3. The van der Waals surface area contributed by atoms with E-state index in [1.807, 2.05) is 6.92 Å². The van der Waals surface area contributed by atoms with Crippen LogP contribution in [0.25, 0.3) is 0 Å². The molecule has 0 bridgehead atoms. The molecular formula is C7H9N5O. The van der Waals surface area contributed by atoms with Crippen molar-refractivity contribution in [2.24, 2.45) is 10.7 Å². The van der Waals surface area contributed by atoms with Gasteiger partial charge in [-0.15, -0.1) is 0 Å². The summed E-state index contributed by atoms with van der Waals surface area (Å²) in [6.45, 7) is 1.81. The first-order valence-electron chi connectivity index (χ1n) is 3.79. The molecule has 68 valence electrons. The number of aromatic nitrogens is 2. The van der Waals surface area contributed by atoms with E-state index in [9.17, 15) is 5.11 Å². The molecule has 2 rings (SSSR count). The molecule has 6 heteroatoms. The fourth-order valence-electron chi connectivity index (χ4n) is 1.11. The van der Waals surface area contributed by atoms with E-state index >= 15 is 0 Å². The molecule has 13 heavy (non-hydrogen) atoms. The third-order valence-electron chi connectivity index (χ3n) is 1.67. The Labute approximate surface area is 74.5 Å². The van der Waals surface area contributed by atoms with Gasteiger partial charge in [-0.25, -0.2) is 9.98 Å². The Balaban J connectivity index is 2.50. The molecule has 0 radical (unpaired) electrons. The van der Waals surface area contributed by atoms with Crippen molar-refractivity contribution in [1.82, 2.24) is 9.97 Å². The Morgan fingerprint density at radius 2 is 2.38 bits per heavy atom. The summed E-state index contributed by atoms with van der Waals surface area (Å²) in [5.41, 5.74) is 6.56. The van der Waals surface area contributed by atoms with E-state index in [-0.39, 0.29) is 5.96 Å². The van der Waals surface area contributed by atoms with Gasteiger partial charge in [0.1, 0.15) is 5.69 Å². The Morgan fingerprint density at radius 1 is 1.62 bits per heavy atom. The zero-order chi connectivity index (χ0) is 9.42. The van der Waals surface area contributed by atoms with Gasteiger partial charge in [0, 0.05) is 6.20 Å². The molecule has 0 aromatic carbocycles. The summed E-state index contributed by atoms with van der Waals surface area (Å²) in [6, 6.07) is 0. The van der Waals surface area contributed by atoms with Crippen molar-refractivity contribution in [3.8, 4) is 0 Å². The smallest absolute Gasteiger partial charge is 0.197 e. The molecule has 1 aromatic heterocycles. The predicted octanol–water partition coefficient (Wildman–Crippen LogP) is -0.484. The second kappa shape index (κ2) is 2.67. The second-order valence-electron chi connectivity index (χ2n) is 2.76. The number of aliphatic hydroxyl groups is 1. The highest BCUT2D eigenvalue weighted by Gasteiger charge is 2.20. The van der Waals surface area contributed by atoms with E-state index in [4.69, 9.17) is 5.73 Å². The molecule has 4 N–H and O–H groups in total. The molecule has 0 amide bonds. The van der Waals surface area contributed by atoms with Gasteiger partial charge in [-0.2, -0.15) is 0 Å². The molecule has 2 heterocycles. The minimum Gasteiger partial charge on any atom is -0.370 e. The normalized spacial score (nSPS) is 20.2. The second-order valence-corrected chi connectivity index (χ2v) is 2.76. The van der Waals surface area contributed by atoms with Gasteiger partial charge in [-0.1, -0.05) is 0 Å². The SMILES string of the molecule is Cc1cnc2c(n1)NC(N)=N[C@@H]2O. The van der Waals surface area contributed by atoms with Crippen molar-refractivity contribution in [2.75, 3.05) is 5.32 Å². The van der Waals surface area contributed by atoms with Gasteiger partial charge in [0.25, 0.3) is 0 Å². The molecule has 1 atom stereocenters. The van der Waals surface area contributed by atoms with E-state index in [2.05, 4.69) is 20.3 Å². The molecule has 6 nitrogen and oxygen atoms in total. The number of nitrogens with one attached hydrogen (secondary N) is 1. The van der Waals surface area contributed by atoms with Crippen molar-refractivity contribution < 1.29 is 5.11 Å². The van der Waals surface area contributed by atoms with Crippen molar-refractivity contribution in [1.29, 1.82) is 0 Å². The predicted molar refractivity (Wildman–Crippen MR) is 47.0 cm³/mol. The van der Waals surface area contributed by atoms with E-state index < -0.39 is 6.23 Å². The summed E-state index contributed by atoms with van der Waals surface area (Å²) in [5.74, 6) is 0.625. The molecule has 0 fully saturated rings. The number of aryl methyl sites for hydroxylation is 1. The molecular weight excluding hydrogens is 170 g/mol. The van der Waals surface area contributed by atoms with Crippen LogP contribution in [-0.4, -0.2) is 21.0 Å². The minimum absolute atomic E-state index is 0.153. The molecule has 0 unspecified atom stereocenters. The minimum atomic E-state index is -1.01. The van der Waals surface area contributed by atoms with Crippen LogP contribution in [0.4, 0.5) is 5.82 Å². The number of rotatable bonds is 0. The lowest BCUT2D eigenvalue weighted by Crippen LogP contribution is -2.29. The summed E-state index contributed by atoms with van der Waals surface area (Å²) < 4.78 is 0. The Hall–Kier alpha value is -1.69. The molecule has 0 aliphatic carbocycles. The van der Waals surface area contributed by atoms with E-state index in [1.54, 1.807) is 6.20 Å². The van der Waals surface area contributed by atoms with Crippen LogP contribution < -0.4 is 11.1 Å². The van der Waals surface area contributed by atoms with Crippen LogP contribution in [0.1, 0.15) is 17.6 Å². The molecule has 0 saturated heterocycles. The number of aliphatic imine (C=N–C) groups is 1. The lowest BCUT2D eigenvalue weighted by atomic mass is 10.3.